The zero-order valence-electron chi connectivity index (χ0n) is 9.03. The van der Waals surface area contributed by atoms with Crippen LogP contribution in [0.1, 0.15) is 12.5 Å². The molecule has 0 aliphatic rings. The first-order valence-electron chi connectivity index (χ1n) is 4.86. The molecule has 3 nitrogen and oxygen atoms in total. The van der Waals surface area contributed by atoms with Gasteiger partial charge in [0.25, 0.3) is 0 Å². The number of carbonyl (C=O) groups is 1. The average Bonchev–Trinajstić information content (AvgIpc) is 2.26. The molecule has 0 saturated heterocycles. The lowest BCUT2D eigenvalue weighted by molar-refractivity contribution is -0.144. The van der Waals surface area contributed by atoms with Crippen LogP contribution in [0.25, 0.3) is 0 Å². The Kier molecular flexibility index (Phi) is 3.79. The lowest BCUT2D eigenvalue weighted by Crippen LogP contribution is -2.47. The zero-order valence-corrected chi connectivity index (χ0v) is 9.03. The molecule has 16 heavy (non-hydrogen) atoms. The Balaban J connectivity index is 3.16. The Morgan fingerprint density at radius 1 is 1.62 bits per heavy atom. The predicted octanol–water partition coefficient (Wildman–Crippen LogP) is 1.90. The first kappa shape index (κ1) is 12.4. The molecule has 0 aromatic heterocycles. The Labute approximate surface area is 93.6 Å². The third-order valence-electron chi connectivity index (χ3n) is 2.44. The second-order valence-corrected chi connectivity index (χ2v) is 3.58. The molecule has 2 N–H and O–H groups in total. The fraction of sp³-hybridized carbons (Fsp3) is 0.250. The van der Waals surface area contributed by atoms with Crippen molar-refractivity contribution in [1.29, 1.82) is 0 Å². The van der Waals surface area contributed by atoms with Gasteiger partial charge in [0.1, 0.15) is 11.4 Å². The van der Waals surface area contributed by atoms with E-state index in [1.54, 1.807) is 6.07 Å². The highest BCUT2D eigenvalue weighted by Gasteiger charge is 2.36. The Bertz CT molecular complexity index is 406. The smallest absolute Gasteiger partial charge is 0.328 e. The van der Waals surface area contributed by atoms with Crippen molar-refractivity contribution < 1.29 is 14.3 Å². The van der Waals surface area contributed by atoms with Crippen molar-refractivity contribution in [2.75, 3.05) is 6.54 Å². The fourth-order valence-electron chi connectivity index (χ4n) is 1.43. The second kappa shape index (κ2) is 4.90. The molecule has 0 spiro atoms. The van der Waals surface area contributed by atoms with E-state index < -0.39 is 17.3 Å². The molecule has 1 aromatic carbocycles. The lowest BCUT2D eigenvalue weighted by atomic mass is 9.91. The topological polar surface area (TPSA) is 49.3 Å². The average molecular weight is 223 g/mol. The lowest BCUT2D eigenvalue weighted by Gasteiger charge is -2.26. The normalized spacial score (nSPS) is 14.1. The van der Waals surface area contributed by atoms with E-state index >= 15 is 0 Å². The maximum absolute atomic E-state index is 13.5. The van der Waals surface area contributed by atoms with Gasteiger partial charge in [-0.3, -0.25) is 5.32 Å². The summed E-state index contributed by atoms with van der Waals surface area (Å²) in [6, 6.07) is 5.83. The Morgan fingerprint density at radius 3 is 2.75 bits per heavy atom. The number of aliphatic carboxylic acids is 1. The van der Waals surface area contributed by atoms with Crippen LogP contribution >= 0.6 is 0 Å². The number of benzene rings is 1. The van der Waals surface area contributed by atoms with Crippen LogP contribution in [-0.2, 0) is 10.3 Å². The summed E-state index contributed by atoms with van der Waals surface area (Å²) >= 11 is 0. The van der Waals surface area contributed by atoms with Crippen molar-refractivity contribution in [2.45, 2.75) is 12.5 Å². The minimum Gasteiger partial charge on any atom is -0.480 e. The molecule has 1 atom stereocenters. The largest absolute Gasteiger partial charge is 0.480 e. The van der Waals surface area contributed by atoms with Crippen molar-refractivity contribution in [1.82, 2.24) is 5.32 Å². The molecule has 0 saturated carbocycles. The van der Waals surface area contributed by atoms with Crippen molar-refractivity contribution >= 4 is 5.97 Å². The molecule has 0 fully saturated rings. The first-order valence-corrected chi connectivity index (χ1v) is 4.86. The number of nitrogens with one attached hydrogen (secondary N) is 1. The summed E-state index contributed by atoms with van der Waals surface area (Å²) in [7, 11) is 0. The van der Waals surface area contributed by atoms with E-state index in [2.05, 4.69) is 11.9 Å². The van der Waals surface area contributed by atoms with Gasteiger partial charge in [0.15, 0.2) is 0 Å². The van der Waals surface area contributed by atoms with Crippen molar-refractivity contribution in [3.05, 3.63) is 48.3 Å². The van der Waals surface area contributed by atoms with Crippen LogP contribution in [0.2, 0.25) is 0 Å². The van der Waals surface area contributed by atoms with E-state index in [-0.39, 0.29) is 12.1 Å². The molecule has 0 bridgehead atoms. The van der Waals surface area contributed by atoms with Gasteiger partial charge in [0.2, 0.25) is 0 Å². The van der Waals surface area contributed by atoms with Gasteiger partial charge in [-0.05, 0) is 13.0 Å². The number of rotatable bonds is 5. The highest BCUT2D eigenvalue weighted by molar-refractivity contribution is 5.80. The van der Waals surface area contributed by atoms with Crippen molar-refractivity contribution in [3.63, 3.8) is 0 Å². The molecular formula is C12H14FNO2. The summed E-state index contributed by atoms with van der Waals surface area (Å²) in [6.45, 7) is 5.21. The summed E-state index contributed by atoms with van der Waals surface area (Å²) in [4.78, 5) is 11.2. The van der Waals surface area contributed by atoms with E-state index in [9.17, 15) is 14.3 Å². The van der Waals surface area contributed by atoms with Gasteiger partial charge in [-0.1, -0.05) is 24.3 Å². The van der Waals surface area contributed by atoms with Gasteiger partial charge in [-0.2, -0.15) is 0 Å². The molecule has 0 heterocycles. The van der Waals surface area contributed by atoms with Crippen LogP contribution < -0.4 is 5.32 Å². The SMILES string of the molecule is C=CCNC(C)(C(=O)O)c1ccccc1F. The van der Waals surface area contributed by atoms with Gasteiger partial charge >= 0.3 is 5.97 Å². The monoisotopic (exact) mass is 223 g/mol. The molecule has 0 aliphatic carbocycles. The third-order valence-corrected chi connectivity index (χ3v) is 2.44. The summed E-state index contributed by atoms with van der Waals surface area (Å²) in [5.74, 6) is -1.66. The molecule has 4 heteroatoms. The summed E-state index contributed by atoms with van der Waals surface area (Å²) in [5, 5.41) is 11.9. The highest BCUT2D eigenvalue weighted by atomic mass is 19.1. The van der Waals surface area contributed by atoms with Gasteiger partial charge in [0.05, 0.1) is 0 Å². The number of carboxylic acid groups (broad SMARTS) is 1. The van der Waals surface area contributed by atoms with E-state index in [4.69, 9.17) is 0 Å². The molecule has 0 radical (unpaired) electrons. The standard InChI is InChI=1S/C12H14FNO2/c1-3-8-14-12(2,11(15)16)9-6-4-5-7-10(9)13/h3-7,14H,1,8H2,2H3,(H,15,16). The molecule has 1 rings (SSSR count). The molecule has 1 unspecified atom stereocenters. The van der Waals surface area contributed by atoms with E-state index in [0.717, 1.165) is 0 Å². The van der Waals surface area contributed by atoms with Gasteiger partial charge in [0, 0.05) is 12.1 Å². The highest BCUT2D eigenvalue weighted by Crippen LogP contribution is 2.23. The summed E-state index contributed by atoms with van der Waals surface area (Å²) in [6.07, 6.45) is 1.53. The third kappa shape index (κ3) is 2.28. The van der Waals surface area contributed by atoms with Gasteiger partial charge < -0.3 is 5.11 Å². The maximum Gasteiger partial charge on any atom is 0.328 e. The van der Waals surface area contributed by atoms with E-state index in [0.29, 0.717) is 0 Å². The predicted molar refractivity (Wildman–Crippen MR) is 59.6 cm³/mol. The zero-order chi connectivity index (χ0) is 12.2. The number of halogens is 1. The molecule has 86 valence electrons. The minimum atomic E-state index is -1.44. The molecular weight excluding hydrogens is 209 g/mol. The molecule has 0 amide bonds. The van der Waals surface area contributed by atoms with Gasteiger partial charge in [-0.15, -0.1) is 6.58 Å². The van der Waals surface area contributed by atoms with Crippen LogP contribution in [0.4, 0.5) is 4.39 Å². The molecule has 0 aliphatic heterocycles. The van der Waals surface area contributed by atoms with E-state index in [1.165, 1.54) is 31.2 Å². The Hall–Kier alpha value is -1.68. The van der Waals surface area contributed by atoms with Crippen LogP contribution in [0.15, 0.2) is 36.9 Å². The van der Waals surface area contributed by atoms with Crippen molar-refractivity contribution in [3.8, 4) is 0 Å². The molecule has 1 aromatic rings. The van der Waals surface area contributed by atoms with Crippen LogP contribution in [0.3, 0.4) is 0 Å². The van der Waals surface area contributed by atoms with Crippen LogP contribution in [0, 0.1) is 5.82 Å². The summed E-state index contributed by atoms with van der Waals surface area (Å²) < 4.78 is 13.5. The number of hydrogen-bond donors (Lipinski definition) is 2. The van der Waals surface area contributed by atoms with E-state index in [1.807, 2.05) is 0 Å². The van der Waals surface area contributed by atoms with Crippen LogP contribution in [0.5, 0.6) is 0 Å². The maximum atomic E-state index is 13.5. The fourth-order valence-corrected chi connectivity index (χ4v) is 1.43. The second-order valence-electron chi connectivity index (χ2n) is 3.58. The first-order chi connectivity index (χ1) is 7.52. The number of hydrogen-bond acceptors (Lipinski definition) is 2. The van der Waals surface area contributed by atoms with Crippen molar-refractivity contribution in [2.24, 2.45) is 0 Å². The minimum absolute atomic E-state index is 0.115. The quantitative estimate of drug-likeness (QED) is 0.749. The Morgan fingerprint density at radius 2 is 2.25 bits per heavy atom. The van der Waals surface area contributed by atoms with Gasteiger partial charge in [-0.25, -0.2) is 9.18 Å². The van der Waals surface area contributed by atoms with Crippen LogP contribution in [-0.4, -0.2) is 17.6 Å². The summed E-state index contributed by atoms with van der Waals surface area (Å²) in [5.41, 5.74) is -1.33. The number of carboxylic acids is 1.